The zero-order valence-corrected chi connectivity index (χ0v) is 27.7. The number of aliphatic hydroxyl groups excluding tert-OH is 1. The minimum absolute atomic E-state index is 0.0401. The smallest absolute Gasteiger partial charge is 0.326 e. The molecule has 20 heteroatoms. The van der Waals surface area contributed by atoms with E-state index in [9.17, 15) is 53.7 Å². The van der Waals surface area contributed by atoms with Crippen molar-refractivity contribution in [2.24, 2.45) is 10.7 Å². The van der Waals surface area contributed by atoms with Crippen LogP contribution in [0.4, 0.5) is 4.79 Å². The average molecular weight is 706 g/mol. The predicted molar refractivity (Wildman–Crippen MR) is 174 cm³/mol. The molecule has 0 unspecified atom stereocenters. The highest BCUT2D eigenvalue weighted by Crippen LogP contribution is 2.14. The fourth-order valence-corrected chi connectivity index (χ4v) is 4.80. The van der Waals surface area contributed by atoms with Gasteiger partial charge in [0.15, 0.2) is 5.96 Å². The van der Waals surface area contributed by atoms with E-state index in [0.717, 1.165) is 11.8 Å². The van der Waals surface area contributed by atoms with Crippen LogP contribution in [0.15, 0.2) is 35.3 Å². The van der Waals surface area contributed by atoms with Gasteiger partial charge in [-0.25, -0.2) is 14.4 Å². The second-order valence-corrected chi connectivity index (χ2v) is 11.4. The third kappa shape index (κ3) is 12.7. The number of likely N-dealkylation sites (N-methyl/N-ethyl adjacent to an activating group) is 1. The molecule has 6 atom stereocenters. The zero-order chi connectivity index (χ0) is 37.5. The highest BCUT2D eigenvalue weighted by Gasteiger charge is 2.37. The molecule has 0 aliphatic carbocycles. The van der Waals surface area contributed by atoms with Gasteiger partial charge in [0.05, 0.1) is 18.9 Å². The molecule has 11 N–H and O–H groups in total. The quantitative estimate of drug-likeness (QED) is 0.0676. The highest BCUT2D eigenvalue weighted by atomic mass is 16.4. The number of hydrogen-bond donors (Lipinski definition) is 10. The van der Waals surface area contributed by atoms with Crippen LogP contribution in [-0.4, -0.2) is 131 Å². The van der Waals surface area contributed by atoms with Crippen molar-refractivity contribution in [3.63, 3.8) is 0 Å². The third-order valence-electron chi connectivity index (χ3n) is 7.51. The van der Waals surface area contributed by atoms with Gasteiger partial charge in [0.2, 0.25) is 29.5 Å². The maximum absolute atomic E-state index is 14.0. The van der Waals surface area contributed by atoms with Crippen LogP contribution >= 0.6 is 0 Å². The fourth-order valence-electron chi connectivity index (χ4n) is 4.80. The number of aliphatic hydroxyl groups is 1. The molecular formula is C30H43N9O11. The number of amides is 7. The average Bonchev–Trinajstić information content (AvgIpc) is 3.05. The van der Waals surface area contributed by atoms with Crippen LogP contribution in [-0.2, 0) is 40.0 Å². The highest BCUT2D eigenvalue weighted by molar-refractivity contribution is 5.97. The fraction of sp³-hybridized carbons (Fsp3) is 0.500. The number of nitrogens with two attached hydrogens (primary N) is 1. The minimum atomic E-state index is -1.88. The number of nitrogens with one attached hydrogen (secondary N) is 6. The molecule has 7 amide bonds. The first kappa shape index (κ1) is 40.4. The van der Waals surface area contributed by atoms with Crippen molar-refractivity contribution < 1.29 is 53.7 Å². The number of hydrogen-bond acceptors (Lipinski definition) is 10. The van der Waals surface area contributed by atoms with Crippen LogP contribution in [0.2, 0.25) is 0 Å². The van der Waals surface area contributed by atoms with E-state index in [4.69, 9.17) is 5.73 Å². The number of carboxylic acids is 2. The topological polar surface area (TPSA) is 311 Å². The van der Waals surface area contributed by atoms with Gasteiger partial charge in [0.1, 0.15) is 30.2 Å². The summed E-state index contributed by atoms with van der Waals surface area (Å²) in [6, 6.07) is -0.499. The molecule has 0 aromatic heterocycles. The number of carboxylic acid groups (broad SMARTS) is 2. The van der Waals surface area contributed by atoms with Crippen LogP contribution in [0, 0.1) is 0 Å². The van der Waals surface area contributed by atoms with Crippen molar-refractivity contribution in [2.45, 2.75) is 75.3 Å². The van der Waals surface area contributed by atoms with Gasteiger partial charge < -0.3 is 52.5 Å². The molecule has 50 heavy (non-hydrogen) atoms. The number of carbonyl (C=O) groups excluding carboxylic acids is 6. The van der Waals surface area contributed by atoms with E-state index in [1.807, 2.05) is 5.32 Å². The normalized spacial score (nSPS) is 23.7. The lowest BCUT2D eigenvalue weighted by Gasteiger charge is -2.32. The molecular weight excluding hydrogens is 662 g/mol. The summed E-state index contributed by atoms with van der Waals surface area (Å²) in [6.07, 6.45) is -3.59. The van der Waals surface area contributed by atoms with E-state index >= 15 is 0 Å². The molecule has 1 aliphatic heterocycles. The number of guanidine groups is 1. The monoisotopic (exact) mass is 705 g/mol. The van der Waals surface area contributed by atoms with E-state index in [1.54, 1.807) is 30.3 Å². The molecule has 274 valence electrons. The Labute approximate surface area is 286 Å². The number of aliphatic carboxylic acids is 2. The standard InChI is InChI=1S/C30H43N9O11/c1-15(40)23-25(44)35-17(10-7-11-33-29(31)38-30(50)32-2)26(45)39(3)20(12-16-8-5-4-6-9-16)24(43)36-19(28(48)49)14-21(41)34-18(27(46)47)13-22(42)37-23/h4-6,8-9,15,17-20,23,40H,7,10-14H2,1-3H3,(H,34,41)(H,35,44)(H,36,43)(H,37,42)(H,46,47)(H,48,49)(H4,31,32,33,38,50)/t15-,17-,18-,19-,20-,23+/m0/s1. The summed E-state index contributed by atoms with van der Waals surface area (Å²) in [5.41, 5.74) is 6.24. The van der Waals surface area contributed by atoms with Crippen LogP contribution in [0.3, 0.4) is 0 Å². The Bertz CT molecular complexity index is 1450. The molecule has 1 aliphatic rings. The number of aliphatic imine (C=N–C) groups is 1. The van der Waals surface area contributed by atoms with Crippen LogP contribution in [0.25, 0.3) is 0 Å². The van der Waals surface area contributed by atoms with Crippen molar-refractivity contribution in [1.82, 2.24) is 36.8 Å². The second-order valence-electron chi connectivity index (χ2n) is 11.4. The summed E-state index contributed by atoms with van der Waals surface area (Å²) in [5.74, 6) is -8.60. The Kier molecular flexibility index (Phi) is 15.6. The van der Waals surface area contributed by atoms with E-state index in [-0.39, 0.29) is 31.8 Å². The van der Waals surface area contributed by atoms with Crippen molar-refractivity contribution in [1.29, 1.82) is 0 Å². The van der Waals surface area contributed by atoms with Gasteiger partial charge in [0, 0.05) is 27.1 Å². The third-order valence-corrected chi connectivity index (χ3v) is 7.51. The Morgan fingerprint density at radius 1 is 0.940 bits per heavy atom. The Morgan fingerprint density at radius 2 is 1.52 bits per heavy atom. The van der Waals surface area contributed by atoms with Crippen molar-refractivity contribution >= 4 is 53.5 Å². The molecule has 1 fully saturated rings. The van der Waals surface area contributed by atoms with E-state index < -0.39 is 96.7 Å². The summed E-state index contributed by atoms with van der Waals surface area (Å²) < 4.78 is 0. The van der Waals surface area contributed by atoms with Crippen molar-refractivity contribution in [3.8, 4) is 0 Å². The Hall–Kier alpha value is -5.79. The van der Waals surface area contributed by atoms with Gasteiger partial charge >= 0.3 is 18.0 Å². The van der Waals surface area contributed by atoms with E-state index in [1.165, 1.54) is 14.1 Å². The first-order valence-electron chi connectivity index (χ1n) is 15.5. The zero-order valence-electron chi connectivity index (χ0n) is 27.7. The van der Waals surface area contributed by atoms with Gasteiger partial charge in [-0.05, 0) is 25.3 Å². The molecule has 0 radical (unpaired) electrons. The van der Waals surface area contributed by atoms with Gasteiger partial charge in [-0.3, -0.25) is 34.3 Å². The number of carbonyl (C=O) groups is 8. The summed E-state index contributed by atoms with van der Waals surface area (Å²) in [5, 5.41) is 43.3. The largest absolute Gasteiger partial charge is 0.480 e. The van der Waals surface area contributed by atoms with E-state index in [0.29, 0.717) is 5.56 Å². The lowest BCUT2D eigenvalue weighted by molar-refractivity contribution is -0.147. The predicted octanol–water partition coefficient (Wildman–Crippen LogP) is -3.64. The Morgan fingerprint density at radius 3 is 2.08 bits per heavy atom. The molecule has 0 saturated carbocycles. The molecule has 1 saturated heterocycles. The minimum Gasteiger partial charge on any atom is -0.480 e. The van der Waals surface area contributed by atoms with Crippen LogP contribution in [0.5, 0.6) is 0 Å². The Balaban J connectivity index is 2.58. The maximum atomic E-state index is 14.0. The summed E-state index contributed by atoms with van der Waals surface area (Å²) in [4.78, 5) is 107. The van der Waals surface area contributed by atoms with Gasteiger partial charge in [-0.2, -0.15) is 0 Å². The number of benzene rings is 1. The van der Waals surface area contributed by atoms with E-state index in [2.05, 4.69) is 31.6 Å². The van der Waals surface area contributed by atoms with Gasteiger partial charge in [-0.15, -0.1) is 0 Å². The van der Waals surface area contributed by atoms with Crippen molar-refractivity contribution in [2.75, 3.05) is 20.6 Å². The second kappa shape index (κ2) is 19.3. The first-order chi connectivity index (χ1) is 23.5. The summed E-state index contributed by atoms with van der Waals surface area (Å²) >= 11 is 0. The lowest BCUT2D eigenvalue weighted by Crippen LogP contribution is -2.60. The summed E-state index contributed by atoms with van der Waals surface area (Å²) in [7, 11) is 2.61. The number of nitrogens with zero attached hydrogens (tertiary/aromatic N) is 2. The SMILES string of the molecule is CNC(=O)NC(N)=NCCC[C@@H]1NC(=O)[C@@H]([C@H](C)O)NC(=O)C[C@@H](C(=O)O)NC(=O)C[C@@H](C(=O)O)NC(=O)[C@H](Cc2ccccc2)N(C)C1=O. The van der Waals surface area contributed by atoms with Crippen molar-refractivity contribution in [3.05, 3.63) is 35.9 Å². The first-order valence-corrected chi connectivity index (χ1v) is 15.5. The maximum Gasteiger partial charge on any atom is 0.326 e. The van der Waals surface area contributed by atoms with Crippen LogP contribution < -0.4 is 37.6 Å². The number of urea groups is 1. The van der Waals surface area contributed by atoms with Gasteiger partial charge in [0.25, 0.3) is 0 Å². The van der Waals surface area contributed by atoms with Gasteiger partial charge in [-0.1, -0.05) is 30.3 Å². The molecule has 1 heterocycles. The molecule has 2 rings (SSSR count). The molecule has 1 aromatic rings. The molecule has 1 aromatic carbocycles. The molecule has 20 nitrogen and oxygen atoms in total. The lowest BCUT2D eigenvalue weighted by atomic mass is 10.0. The molecule has 0 bridgehead atoms. The summed E-state index contributed by atoms with van der Waals surface area (Å²) in [6.45, 7) is 1.12. The molecule has 0 spiro atoms. The number of rotatable bonds is 9. The van der Waals surface area contributed by atoms with Crippen LogP contribution in [0.1, 0.15) is 38.2 Å².